The summed E-state index contributed by atoms with van der Waals surface area (Å²) in [5.74, 6) is 6.75. The van der Waals surface area contributed by atoms with Gasteiger partial charge >= 0.3 is 0 Å². The molecular weight excluding hydrogens is 821 g/mol. The number of hydrogen-bond donors (Lipinski definition) is 2. The Balaban J connectivity index is 1.17. The fraction of sp³-hybridized carbons (Fsp3) is 0.289. The van der Waals surface area contributed by atoms with Gasteiger partial charge in [0.15, 0.2) is 0 Å². The van der Waals surface area contributed by atoms with Crippen molar-refractivity contribution < 1.29 is 12.8 Å². The number of benzene rings is 4. The van der Waals surface area contributed by atoms with Crippen LogP contribution in [0.2, 0.25) is 10.0 Å². The lowest BCUT2D eigenvalue weighted by Gasteiger charge is -2.39. The first kappa shape index (κ1) is 37.6. The van der Waals surface area contributed by atoms with Gasteiger partial charge in [-0.2, -0.15) is 8.42 Å². The summed E-state index contributed by atoms with van der Waals surface area (Å²) in [6, 6.07) is 28.7. The first-order chi connectivity index (χ1) is 24.6. The van der Waals surface area contributed by atoms with Crippen LogP contribution in [0.4, 0.5) is 4.39 Å². The van der Waals surface area contributed by atoms with Gasteiger partial charge in [0.1, 0.15) is 5.82 Å². The van der Waals surface area contributed by atoms with Crippen molar-refractivity contribution >= 4 is 72.7 Å². The van der Waals surface area contributed by atoms with E-state index in [2.05, 4.69) is 49.0 Å². The molecule has 1 saturated heterocycles. The van der Waals surface area contributed by atoms with E-state index < -0.39 is 10.0 Å². The van der Waals surface area contributed by atoms with Gasteiger partial charge in [0.2, 0.25) is 5.96 Å². The highest BCUT2D eigenvalue weighted by atomic mass is 127. The molecule has 0 radical (unpaired) electrons. The SMILES string of the molecule is NN(C[C@H](c1ccccc1)C(I)c1ccc(Cl)cc1)/C(=N\S(=O)(=O)c1ccc(Cl)cc1)N1CCN(CCCCc2c[nH]c3ccc(F)cc23)CC1. The number of fused-ring (bicyclic) bond motifs is 1. The maximum Gasteiger partial charge on any atom is 0.285 e. The second-order valence-corrected chi connectivity index (χ2v) is 16.6. The van der Waals surface area contributed by atoms with E-state index >= 15 is 0 Å². The minimum absolute atomic E-state index is 0.00238. The molecule has 1 unspecified atom stereocenters. The second-order valence-electron chi connectivity index (χ2n) is 12.7. The lowest BCUT2D eigenvalue weighted by Crippen LogP contribution is -2.56. The van der Waals surface area contributed by atoms with Crippen LogP contribution < -0.4 is 5.84 Å². The quantitative estimate of drug-likeness (QED) is 0.0249. The summed E-state index contributed by atoms with van der Waals surface area (Å²) < 4.78 is 45.6. The Labute approximate surface area is 322 Å². The first-order valence-electron chi connectivity index (χ1n) is 16.9. The third-order valence-corrected chi connectivity index (χ3v) is 12.7. The van der Waals surface area contributed by atoms with Gasteiger partial charge in [-0.25, -0.2) is 10.2 Å². The number of H-pyrrole nitrogens is 1. The molecule has 1 aliphatic rings. The number of alkyl halides is 1. The molecule has 1 aromatic heterocycles. The minimum Gasteiger partial charge on any atom is -0.361 e. The van der Waals surface area contributed by atoms with Gasteiger partial charge < -0.3 is 9.88 Å². The number of rotatable bonds is 12. The lowest BCUT2D eigenvalue weighted by molar-refractivity contribution is 0.165. The molecule has 0 amide bonds. The second kappa shape index (κ2) is 17.1. The van der Waals surface area contributed by atoms with E-state index in [-0.39, 0.29) is 26.5 Å². The predicted molar refractivity (Wildman–Crippen MR) is 214 cm³/mol. The molecule has 0 saturated carbocycles. The van der Waals surface area contributed by atoms with Gasteiger partial charge in [-0.3, -0.25) is 9.91 Å². The number of hydrogen-bond acceptors (Lipinski definition) is 4. The van der Waals surface area contributed by atoms with Crippen LogP contribution in [0.1, 0.15) is 39.4 Å². The number of piperazine rings is 1. The van der Waals surface area contributed by atoms with Crippen LogP contribution >= 0.6 is 45.8 Å². The van der Waals surface area contributed by atoms with Crippen LogP contribution in [0.5, 0.6) is 0 Å². The fourth-order valence-electron chi connectivity index (χ4n) is 6.48. The number of aromatic amines is 1. The summed E-state index contributed by atoms with van der Waals surface area (Å²) in [6.07, 6.45) is 4.79. The van der Waals surface area contributed by atoms with Crippen LogP contribution in [-0.2, 0) is 16.4 Å². The Morgan fingerprint density at radius 3 is 2.25 bits per heavy atom. The number of halogens is 4. The molecule has 8 nitrogen and oxygen atoms in total. The molecule has 2 heterocycles. The van der Waals surface area contributed by atoms with E-state index in [4.69, 9.17) is 29.0 Å². The zero-order valence-electron chi connectivity index (χ0n) is 27.9. The Morgan fingerprint density at radius 1 is 0.902 bits per heavy atom. The van der Waals surface area contributed by atoms with Crippen molar-refractivity contribution in [2.45, 2.75) is 34.0 Å². The van der Waals surface area contributed by atoms with Crippen molar-refractivity contribution in [3.63, 3.8) is 0 Å². The lowest BCUT2D eigenvalue weighted by atomic mass is 9.91. The average molecular weight is 862 g/mol. The predicted octanol–water partition coefficient (Wildman–Crippen LogP) is 8.43. The molecule has 3 N–H and O–H groups in total. The molecule has 1 aliphatic heterocycles. The number of hydrazine groups is 1. The van der Waals surface area contributed by atoms with Crippen LogP contribution in [0, 0.1) is 5.82 Å². The van der Waals surface area contributed by atoms with Crippen molar-refractivity contribution in [1.82, 2.24) is 19.8 Å². The van der Waals surface area contributed by atoms with Crippen LogP contribution in [0.15, 0.2) is 113 Å². The first-order valence-corrected chi connectivity index (χ1v) is 20.3. The van der Waals surface area contributed by atoms with Crippen molar-refractivity contribution in [3.8, 4) is 0 Å². The fourth-order valence-corrected chi connectivity index (χ4v) is 8.81. The molecule has 0 spiro atoms. The Morgan fingerprint density at radius 2 is 1.57 bits per heavy atom. The van der Waals surface area contributed by atoms with E-state index in [1.54, 1.807) is 12.1 Å². The highest BCUT2D eigenvalue weighted by Gasteiger charge is 2.30. The van der Waals surface area contributed by atoms with E-state index in [1.807, 2.05) is 53.6 Å². The molecule has 4 aromatic carbocycles. The molecule has 0 bridgehead atoms. The van der Waals surface area contributed by atoms with Crippen LogP contribution in [0.3, 0.4) is 0 Å². The topological polar surface area (TPSA) is 98.0 Å². The molecule has 1 fully saturated rings. The minimum atomic E-state index is -4.11. The molecule has 2 atom stereocenters. The van der Waals surface area contributed by atoms with E-state index in [1.165, 1.54) is 35.3 Å². The van der Waals surface area contributed by atoms with E-state index in [0.29, 0.717) is 29.7 Å². The third kappa shape index (κ3) is 9.62. The van der Waals surface area contributed by atoms with Crippen LogP contribution in [0.25, 0.3) is 10.9 Å². The number of nitrogens with one attached hydrogen (secondary N) is 1. The van der Waals surface area contributed by atoms with Crippen molar-refractivity contribution in [3.05, 3.63) is 136 Å². The summed E-state index contributed by atoms with van der Waals surface area (Å²) in [6.45, 7) is 3.80. The zero-order chi connectivity index (χ0) is 36.0. The molecule has 0 aliphatic carbocycles. The normalized spacial score (nSPS) is 15.6. The van der Waals surface area contributed by atoms with Crippen molar-refractivity contribution in [2.24, 2.45) is 10.2 Å². The van der Waals surface area contributed by atoms with Gasteiger partial charge in [0.05, 0.1) is 4.90 Å². The summed E-state index contributed by atoms with van der Waals surface area (Å²) >= 11 is 14.7. The number of sulfonamides is 1. The highest BCUT2D eigenvalue weighted by molar-refractivity contribution is 14.1. The summed E-state index contributed by atoms with van der Waals surface area (Å²) in [4.78, 5) is 7.63. The van der Waals surface area contributed by atoms with E-state index in [9.17, 15) is 12.8 Å². The standard InChI is InChI=1S/C38H40Cl2FIN6O2S/c39-30-11-9-28(10-12-30)37(42)35(27-6-2-1-3-7-27)26-48(43)38(45-51(49,50)33-16-13-31(40)14-17-33)47-22-20-46(21-23-47)19-5-4-8-29-25-44-36-18-15-32(41)24-34(29)36/h1-3,6-7,9-18,24-25,35,37,44H,4-5,8,19-23,26,43H2/b45-38-/t35-,37?/m1/s1. The van der Waals surface area contributed by atoms with E-state index in [0.717, 1.165) is 66.5 Å². The van der Waals surface area contributed by atoms with Gasteiger partial charge in [0.25, 0.3) is 10.0 Å². The van der Waals surface area contributed by atoms with Crippen LogP contribution in [-0.4, -0.2) is 73.4 Å². The third-order valence-electron chi connectivity index (χ3n) is 9.29. The number of guanidine groups is 1. The Kier molecular flexibility index (Phi) is 12.6. The summed E-state index contributed by atoms with van der Waals surface area (Å²) in [5.41, 5.74) is 4.23. The van der Waals surface area contributed by atoms with Gasteiger partial charge in [-0.05, 0) is 97.1 Å². The maximum atomic E-state index is 13.8. The van der Waals surface area contributed by atoms with Gasteiger partial charge in [-0.15, -0.1) is 4.40 Å². The molecule has 13 heteroatoms. The number of unbranched alkanes of at least 4 members (excludes halogenated alkanes) is 1. The molecule has 51 heavy (non-hydrogen) atoms. The average Bonchev–Trinajstić information content (AvgIpc) is 3.54. The summed E-state index contributed by atoms with van der Waals surface area (Å²) in [5, 5.41) is 3.52. The molecule has 5 aromatic rings. The molecular formula is C38H40Cl2FIN6O2S. The molecule has 268 valence electrons. The van der Waals surface area contributed by atoms with Gasteiger partial charge in [-0.1, -0.05) is 88.3 Å². The number of aromatic nitrogens is 1. The van der Waals surface area contributed by atoms with Crippen molar-refractivity contribution in [1.29, 1.82) is 0 Å². The Bertz CT molecular complexity index is 2040. The number of nitrogens with two attached hydrogens (primary N) is 1. The van der Waals surface area contributed by atoms with Gasteiger partial charge in [0, 0.05) is 69.7 Å². The maximum absolute atomic E-state index is 13.8. The van der Waals surface area contributed by atoms with Crippen molar-refractivity contribution in [2.75, 3.05) is 39.3 Å². The zero-order valence-corrected chi connectivity index (χ0v) is 32.4. The highest BCUT2D eigenvalue weighted by Crippen LogP contribution is 2.39. The number of nitrogens with zero attached hydrogens (tertiary/aromatic N) is 4. The number of aryl methyl sites for hydroxylation is 1. The summed E-state index contributed by atoms with van der Waals surface area (Å²) in [7, 11) is -4.11. The monoisotopic (exact) mass is 860 g/mol. The largest absolute Gasteiger partial charge is 0.361 e. The smallest absolute Gasteiger partial charge is 0.285 e. The molecule has 6 rings (SSSR count). The Hall–Kier alpha value is -3.20.